The van der Waals surface area contributed by atoms with Crippen molar-refractivity contribution in [2.45, 2.75) is 95.9 Å². The minimum Gasteiger partial charge on any atom is -0.249 e. The molecule has 0 spiro atoms. The van der Waals surface area contributed by atoms with Gasteiger partial charge in [0.15, 0.2) is 0 Å². The first kappa shape index (κ1) is 29.2. The van der Waals surface area contributed by atoms with Crippen LogP contribution >= 0.6 is 0 Å². The van der Waals surface area contributed by atoms with Gasteiger partial charge in [-0.25, -0.2) is 34.4 Å². The summed E-state index contributed by atoms with van der Waals surface area (Å²) in [6.07, 6.45) is 9.57. The number of allylic oxidation sites excluding steroid dienone is 8. The molecular weight excluding hydrogens is 376 g/mol. The van der Waals surface area contributed by atoms with Crippen LogP contribution in [0.4, 0.5) is 0 Å². The van der Waals surface area contributed by atoms with E-state index in [-0.39, 0.29) is 37.7 Å². The smallest absolute Gasteiger partial charge is 0.249 e. The summed E-state index contributed by atoms with van der Waals surface area (Å²) >= 11 is 0. The predicted molar refractivity (Wildman–Crippen MR) is 132 cm³/mol. The van der Waals surface area contributed by atoms with Crippen molar-refractivity contribution in [3.63, 3.8) is 0 Å². The molecule has 0 amide bonds. The van der Waals surface area contributed by atoms with E-state index >= 15 is 0 Å². The van der Waals surface area contributed by atoms with E-state index in [0.717, 1.165) is 0 Å². The molecule has 2 rings (SSSR count). The molecule has 0 fully saturated rings. The molecule has 1 heteroatoms. The first-order chi connectivity index (χ1) is 12.9. The Morgan fingerprint density at radius 1 is 0.448 bits per heavy atom. The zero-order valence-electron chi connectivity index (χ0n) is 21.6. The monoisotopic (exact) mass is 422 g/mol. The summed E-state index contributed by atoms with van der Waals surface area (Å²) in [6, 6.07) is 0. The average Bonchev–Trinajstić information content (AvgIpc) is 3.20. The van der Waals surface area contributed by atoms with Crippen LogP contribution in [0.15, 0.2) is 33.4 Å². The van der Waals surface area contributed by atoms with E-state index in [1.54, 1.807) is 11.1 Å². The molecule has 0 bridgehead atoms. The van der Waals surface area contributed by atoms with Gasteiger partial charge in [-0.05, 0) is 11.8 Å². The van der Waals surface area contributed by atoms with Gasteiger partial charge in [0.1, 0.15) is 0 Å². The van der Waals surface area contributed by atoms with Crippen LogP contribution < -0.4 is 0 Å². The van der Waals surface area contributed by atoms with E-state index in [1.807, 2.05) is 0 Å². The van der Waals surface area contributed by atoms with Crippen molar-refractivity contribution in [3.8, 4) is 0 Å². The second-order valence-corrected chi connectivity index (χ2v) is 10.5. The summed E-state index contributed by atoms with van der Waals surface area (Å²) in [5, 5.41) is 0. The van der Waals surface area contributed by atoms with Crippen LogP contribution in [-0.4, -0.2) is 37.7 Å². The van der Waals surface area contributed by atoms with E-state index in [4.69, 9.17) is 0 Å². The topological polar surface area (TPSA) is 0 Å². The molecule has 2 aliphatic carbocycles. The van der Waals surface area contributed by atoms with Gasteiger partial charge < -0.3 is 0 Å². The molecule has 0 nitrogen and oxygen atoms in total. The molecule has 2 aliphatic rings. The van der Waals surface area contributed by atoms with Crippen molar-refractivity contribution < 1.29 is 0 Å². The van der Waals surface area contributed by atoms with Crippen molar-refractivity contribution in [1.29, 1.82) is 0 Å². The van der Waals surface area contributed by atoms with Gasteiger partial charge in [0.05, 0.1) is 0 Å². The molecule has 160 valence electrons. The van der Waals surface area contributed by atoms with Crippen LogP contribution in [0.1, 0.15) is 95.9 Å². The fraction of sp³-hybridized carbons (Fsp3) is 0.714. The van der Waals surface area contributed by atoms with Crippen molar-refractivity contribution in [3.05, 3.63) is 45.6 Å². The zero-order chi connectivity index (χ0) is 21.8. The Kier molecular flexibility index (Phi) is 13.0. The summed E-state index contributed by atoms with van der Waals surface area (Å²) in [6.45, 7) is 27.3. The van der Waals surface area contributed by atoms with Gasteiger partial charge in [-0.15, -0.1) is 0 Å². The minimum absolute atomic E-state index is 0. The Balaban J connectivity index is 0.000000523. The number of hydrogen-bond donors (Lipinski definition) is 0. The second-order valence-electron chi connectivity index (χ2n) is 10.5. The zero-order valence-corrected chi connectivity index (χ0v) is 23.8. The first-order valence-electron chi connectivity index (χ1n) is 11.6. The summed E-state index contributed by atoms with van der Waals surface area (Å²) in [5.41, 5.74) is 9.18. The van der Waals surface area contributed by atoms with Crippen molar-refractivity contribution in [1.82, 2.24) is 0 Å². The Hall–Kier alpha value is 0.220. The molecule has 0 N–H and O–H groups in total. The van der Waals surface area contributed by atoms with Crippen LogP contribution in [-0.2, 0) is 0 Å². The Bertz CT molecular complexity index is 588. The molecule has 0 saturated carbocycles. The molecule has 0 atom stereocenters. The normalized spacial score (nSPS) is 17.0. The molecule has 0 aromatic rings. The maximum absolute atomic E-state index is 3.62. The third-order valence-electron chi connectivity index (χ3n) is 5.99. The molecule has 0 aliphatic heterocycles. The van der Waals surface area contributed by atoms with E-state index in [0.29, 0.717) is 35.5 Å². The Morgan fingerprint density at radius 2 is 0.724 bits per heavy atom. The summed E-state index contributed by atoms with van der Waals surface area (Å²) in [7, 11) is 0. The summed E-state index contributed by atoms with van der Waals surface area (Å²) in [5.74, 6) is 3.92. The fourth-order valence-corrected chi connectivity index (χ4v) is 3.95. The van der Waals surface area contributed by atoms with Gasteiger partial charge in [-0.3, -0.25) is 0 Å². The second kappa shape index (κ2) is 12.9. The molecule has 0 unspecified atom stereocenters. The van der Waals surface area contributed by atoms with Crippen LogP contribution in [0, 0.1) is 47.7 Å². The van der Waals surface area contributed by atoms with Gasteiger partial charge in [0, 0.05) is 0 Å². The van der Waals surface area contributed by atoms with Gasteiger partial charge in [-0.1, -0.05) is 120 Å². The molecule has 29 heavy (non-hydrogen) atoms. The maximum atomic E-state index is 3.62. The van der Waals surface area contributed by atoms with Crippen LogP contribution in [0.25, 0.3) is 0 Å². The largest absolute Gasteiger partial charge is 2.00 e. The van der Waals surface area contributed by atoms with Gasteiger partial charge in [-0.2, -0.15) is 11.1 Å². The minimum atomic E-state index is 0. The first-order valence-corrected chi connectivity index (χ1v) is 11.6. The van der Waals surface area contributed by atoms with Crippen LogP contribution in [0.3, 0.4) is 0 Å². The van der Waals surface area contributed by atoms with Crippen molar-refractivity contribution in [2.24, 2.45) is 35.5 Å². The average molecular weight is 423 g/mol. The van der Waals surface area contributed by atoms with Gasteiger partial charge in [0.25, 0.3) is 0 Å². The van der Waals surface area contributed by atoms with E-state index < -0.39 is 0 Å². The Labute approximate surface area is 213 Å². The third-order valence-corrected chi connectivity index (χ3v) is 5.99. The Morgan fingerprint density at radius 3 is 0.862 bits per heavy atom. The van der Waals surface area contributed by atoms with Crippen molar-refractivity contribution in [2.75, 3.05) is 0 Å². The summed E-state index contributed by atoms with van der Waals surface area (Å²) < 4.78 is 0. The summed E-state index contributed by atoms with van der Waals surface area (Å²) in [4.78, 5) is 0. The van der Waals surface area contributed by atoms with Gasteiger partial charge >= 0.3 is 37.7 Å². The van der Waals surface area contributed by atoms with Crippen LogP contribution in [0.5, 0.6) is 0 Å². The standard InChI is InChI=1S/2C14H23.Ca/c2*1-9(2)12-7-13(10(3)4)14(8-12)11(5)6;/h2*9-11H,7H2,1-6H3;/q2*-1;+2. The molecule has 0 heterocycles. The maximum Gasteiger partial charge on any atom is 2.00 e. The van der Waals surface area contributed by atoms with Crippen molar-refractivity contribution >= 4 is 37.7 Å². The van der Waals surface area contributed by atoms with E-state index in [2.05, 4.69) is 95.2 Å². The molecule has 0 radical (unpaired) electrons. The molecule has 0 aromatic heterocycles. The number of rotatable bonds is 6. The number of hydrogen-bond acceptors (Lipinski definition) is 0. The molecular formula is C28H46Ca. The molecule has 0 aromatic carbocycles. The predicted octanol–water partition coefficient (Wildman–Crippen LogP) is 8.39. The molecule has 0 saturated heterocycles. The van der Waals surface area contributed by atoms with Crippen LogP contribution in [0.2, 0.25) is 0 Å². The SMILES string of the molecule is CC(C)C1=[C-]C(C(C)C)=C(C(C)C)C1.CC(C)C1=[C-]C(C(C)C)=C(C(C)C)C1.[Ca+2]. The third kappa shape index (κ3) is 8.34. The fourth-order valence-electron chi connectivity index (χ4n) is 3.95. The van der Waals surface area contributed by atoms with E-state index in [1.165, 1.54) is 35.1 Å². The van der Waals surface area contributed by atoms with Gasteiger partial charge in [0.2, 0.25) is 0 Å². The quantitative estimate of drug-likeness (QED) is 0.298. The van der Waals surface area contributed by atoms with E-state index in [9.17, 15) is 0 Å².